The molecule has 7 nitrogen and oxygen atoms in total. The highest BCUT2D eigenvalue weighted by Crippen LogP contribution is 2.28. The monoisotopic (exact) mass is 452 g/mol. The maximum Gasteiger partial charge on any atom is 0.265 e. The highest BCUT2D eigenvalue weighted by molar-refractivity contribution is 7.92. The lowest BCUT2D eigenvalue weighted by molar-refractivity contribution is 0.331. The minimum absolute atomic E-state index is 0.104. The number of benzene rings is 2. The van der Waals surface area contributed by atoms with Gasteiger partial charge in [0.25, 0.3) is 10.0 Å². The Hall–Kier alpha value is -3.13. The second-order valence-corrected chi connectivity index (χ2v) is 9.66. The second-order valence-electron chi connectivity index (χ2n) is 8.01. The average molecular weight is 453 g/mol. The third kappa shape index (κ3) is 5.02. The zero-order valence-corrected chi connectivity index (χ0v) is 19.2. The molecule has 0 spiro atoms. The number of anilines is 2. The van der Waals surface area contributed by atoms with E-state index in [4.69, 9.17) is 4.74 Å². The van der Waals surface area contributed by atoms with E-state index in [2.05, 4.69) is 26.7 Å². The van der Waals surface area contributed by atoms with Crippen LogP contribution in [-0.2, 0) is 10.0 Å². The van der Waals surface area contributed by atoms with Crippen molar-refractivity contribution in [2.75, 3.05) is 29.3 Å². The van der Waals surface area contributed by atoms with Gasteiger partial charge in [0.05, 0.1) is 12.3 Å². The Morgan fingerprint density at radius 1 is 1.03 bits per heavy atom. The van der Waals surface area contributed by atoms with Crippen molar-refractivity contribution in [1.82, 2.24) is 10.2 Å². The molecule has 1 saturated heterocycles. The van der Waals surface area contributed by atoms with Crippen molar-refractivity contribution in [3.05, 3.63) is 60.7 Å². The van der Waals surface area contributed by atoms with Crippen molar-refractivity contribution < 1.29 is 13.2 Å². The van der Waals surface area contributed by atoms with E-state index in [9.17, 15) is 8.42 Å². The average Bonchev–Trinajstić information content (AvgIpc) is 2.80. The Morgan fingerprint density at radius 2 is 1.81 bits per heavy atom. The number of hydrogen-bond donors (Lipinski definition) is 1. The van der Waals surface area contributed by atoms with Crippen molar-refractivity contribution in [2.24, 2.45) is 5.92 Å². The van der Waals surface area contributed by atoms with E-state index >= 15 is 0 Å². The number of aromatic nitrogens is 2. The predicted molar refractivity (Wildman–Crippen MR) is 126 cm³/mol. The zero-order chi connectivity index (χ0) is 22.6. The molecule has 1 aliphatic heterocycles. The van der Waals surface area contributed by atoms with E-state index in [1.165, 1.54) is 6.07 Å². The molecule has 2 heterocycles. The fourth-order valence-electron chi connectivity index (χ4n) is 3.78. The van der Waals surface area contributed by atoms with Crippen molar-refractivity contribution in [3.8, 4) is 17.0 Å². The SMILES string of the molecule is CCOc1ccccc1S(=O)(=O)Nc1cccc(-c2ccc(N3CCC(C)CC3)nn2)c1. The Balaban J connectivity index is 1.53. The minimum Gasteiger partial charge on any atom is -0.492 e. The smallest absolute Gasteiger partial charge is 0.265 e. The van der Waals surface area contributed by atoms with Gasteiger partial charge in [0.2, 0.25) is 0 Å². The lowest BCUT2D eigenvalue weighted by Gasteiger charge is -2.30. The summed E-state index contributed by atoms with van der Waals surface area (Å²) >= 11 is 0. The van der Waals surface area contributed by atoms with Gasteiger partial charge in [-0.25, -0.2) is 8.42 Å². The van der Waals surface area contributed by atoms with Crippen LogP contribution < -0.4 is 14.4 Å². The summed E-state index contributed by atoms with van der Waals surface area (Å²) in [4.78, 5) is 2.36. The molecule has 0 unspecified atom stereocenters. The molecule has 1 N–H and O–H groups in total. The van der Waals surface area contributed by atoms with Crippen LogP contribution in [0, 0.1) is 5.92 Å². The Kier molecular flexibility index (Phi) is 6.60. The normalized spacial score (nSPS) is 14.9. The first kappa shape index (κ1) is 22.1. The molecule has 0 amide bonds. The summed E-state index contributed by atoms with van der Waals surface area (Å²) in [5.41, 5.74) is 1.93. The van der Waals surface area contributed by atoms with E-state index in [1.807, 2.05) is 25.1 Å². The van der Waals surface area contributed by atoms with Gasteiger partial charge in [-0.05, 0) is 62.1 Å². The highest BCUT2D eigenvalue weighted by Gasteiger charge is 2.20. The molecular weight excluding hydrogens is 424 g/mol. The molecule has 8 heteroatoms. The van der Waals surface area contributed by atoms with Crippen LogP contribution in [0.1, 0.15) is 26.7 Å². The van der Waals surface area contributed by atoms with Crippen molar-refractivity contribution in [1.29, 1.82) is 0 Å². The number of rotatable bonds is 7. The highest BCUT2D eigenvalue weighted by atomic mass is 32.2. The predicted octanol–water partition coefficient (Wildman–Crippen LogP) is 4.58. The van der Waals surface area contributed by atoms with Crippen LogP contribution in [0.3, 0.4) is 0 Å². The molecule has 0 atom stereocenters. The minimum atomic E-state index is -3.81. The van der Waals surface area contributed by atoms with Gasteiger partial charge < -0.3 is 9.64 Å². The maximum atomic E-state index is 13.0. The molecule has 0 bridgehead atoms. The molecule has 4 rings (SSSR count). The topological polar surface area (TPSA) is 84.4 Å². The molecule has 32 heavy (non-hydrogen) atoms. The first-order valence-corrected chi connectivity index (χ1v) is 12.4. The van der Waals surface area contributed by atoms with Gasteiger partial charge >= 0.3 is 0 Å². The standard InChI is InChI=1S/C24H28N4O3S/c1-3-31-22-9-4-5-10-23(22)32(29,30)27-20-8-6-7-19(17-20)21-11-12-24(26-25-21)28-15-13-18(2)14-16-28/h4-12,17-18,27H,3,13-16H2,1-2H3. The van der Waals surface area contributed by atoms with Crippen molar-refractivity contribution >= 4 is 21.5 Å². The van der Waals surface area contributed by atoms with Gasteiger partial charge in [-0.15, -0.1) is 10.2 Å². The van der Waals surface area contributed by atoms with Crippen molar-refractivity contribution in [3.63, 3.8) is 0 Å². The van der Waals surface area contributed by atoms with E-state index in [1.54, 1.807) is 36.4 Å². The lowest BCUT2D eigenvalue weighted by atomic mass is 9.99. The van der Waals surface area contributed by atoms with E-state index < -0.39 is 10.0 Å². The molecule has 168 valence electrons. The lowest BCUT2D eigenvalue weighted by Crippen LogP contribution is -2.33. The summed E-state index contributed by atoms with van der Waals surface area (Å²) in [7, 11) is -3.81. The molecule has 0 radical (unpaired) electrons. The Bertz CT molecular complexity index is 1160. The van der Waals surface area contributed by atoms with Crippen molar-refractivity contribution in [2.45, 2.75) is 31.6 Å². The van der Waals surface area contributed by atoms with Gasteiger partial charge in [0.15, 0.2) is 5.82 Å². The van der Waals surface area contributed by atoms with Crippen LogP contribution in [0.2, 0.25) is 0 Å². The van der Waals surface area contributed by atoms with Crippen LogP contribution in [0.5, 0.6) is 5.75 Å². The van der Waals surface area contributed by atoms with E-state index in [0.717, 1.165) is 43.2 Å². The first-order valence-electron chi connectivity index (χ1n) is 10.9. The molecule has 1 fully saturated rings. The van der Waals surface area contributed by atoms with Crippen LogP contribution >= 0.6 is 0 Å². The van der Waals surface area contributed by atoms with Crippen LogP contribution in [0.25, 0.3) is 11.3 Å². The summed E-state index contributed by atoms with van der Waals surface area (Å²) in [5, 5.41) is 8.80. The second kappa shape index (κ2) is 9.56. The molecular formula is C24H28N4O3S. The Labute approximate surface area is 189 Å². The summed E-state index contributed by atoms with van der Waals surface area (Å²) in [6.07, 6.45) is 2.33. The summed E-state index contributed by atoms with van der Waals surface area (Å²) in [6, 6.07) is 17.7. The zero-order valence-electron chi connectivity index (χ0n) is 18.4. The quantitative estimate of drug-likeness (QED) is 0.565. The van der Waals surface area contributed by atoms with Crippen LogP contribution in [0.4, 0.5) is 11.5 Å². The van der Waals surface area contributed by atoms with Gasteiger partial charge in [0, 0.05) is 24.3 Å². The summed E-state index contributed by atoms with van der Waals surface area (Å²) < 4.78 is 34.1. The number of ether oxygens (including phenoxy) is 1. The third-order valence-electron chi connectivity index (χ3n) is 5.61. The number of sulfonamides is 1. The molecule has 1 aliphatic rings. The van der Waals surface area contributed by atoms with Gasteiger partial charge in [-0.2, -0.15) is 0 Å². The van der Waals surface area contributed by atoms with Gasteiger partial charge in [-0.3, -0.25) is 4.72 Å². The number of nitrogens with zero attached hydrogens (tertiary/aromatic N) is 3. The first-order chi connectivity index (χ1) is 15.5. The van der Waals surface area contributed by atoms with Gasteiger partial charge in [-0.1, -0.05) is 31.2 Å². The fraction of sp³-hybridized carbons (Fsp3) is 0.333. The largest absolute Gasteiger partial charge is 0.492 e. The number of para-hydroxylation sites is 1. The number of nitrogens with one attached hydrogen (secondary N) is 1. The fourth-order valence-corrected chi connectivity index (χ4v) is 4.98. The Morgan fingerprint density at radius 3 is 2.53 bits per heavy atom. The molecule has 1 aromatic heterocycles. The van der Waals surface area contributed by atoms with Gasteiger partial charge in [0.1, 0.15) is 10.6 Å². The molecule has 2 aromatic carbocycles. The number of piperidine rings is 1. The summed E-state index contributed by atoms with van der Waals surface area (Å²) in [5.74, 6) is 1.96. The number of hydrogen-bond acceptors (Lipinski definition) is 6. The maximum absolute atomic E-state index is 13.0. The molecule has 3 aromatic rings. The molecule has 0 saturated carbocycles. The van der Waals surface area contributed by atoms with Crippen LogP contribution in [-0.4, -0.2) is 38.3 Å². The molecule has 0 aliphatic carbocycles. The third-order valence-corrected chi connectivity index (χ3v) is 7.03. The van der Waals surface area contributed by atoms with E-state index in [-0.39, 0.29) is 4.90 Å². The summed E-state index contributed by atoms with van der Waals surface area (Å²) in [6.45, 7) is 6.47. The van der Waals surface area contributed by atoms with Crippen LogP contribution in [0.15, 0.2) is 65.6 Å². The van der Waals surface area contributed by atoms with E-state index in [0.29, 0.717) is 23.7 Å².